The van der Waals surface area contributed by atoms with Gasteiger partial charge in [0.25, 0.3) is 5.91 Å². The molecule has 0 unspecified atom stereocenters. The Bertz CT molecular complexity index is 974. The molecule has 7 heteroatoms. The molecule has 0 radical (unpaired) electrons. The van der Waals surface area contributed by atoms with Crippen LogP contribution in [0.4, 0.5) is 0 Å². The standard InChI is InChI=1S/C22H23N3O3S/c1-15-18(24-22(28-15)19-8-5-13-29-19)14-20(26)25-11-9-17(10-12-25)23-21(27)16-6-3-2-4-7-16/h2-8,13,17H,9-12,14H2,1H3,(H,23,27). The minimum atomic E-state index is -0.0605. The Morgan fingerprint density at radius 2 is 1.93 bits per heavy atom. The van der Waals surface area contributed by atoms with E-state index >= 15 is 0 Å². The lowest BCUT2D eigenvalue weighted by Crippen LogP contribution is -2.47. The number of oxazole rings is 1. The van der Waals surface area contributed by atoms with Gasteiger partial charge in [0.1, 0.15) is 5.76 Å². The second kappa shape index (κ2) is 8.61. The number of hydrogen-bond donors (Lipinski definition) is 1. The molecule has 4 rings (SSSR count). The number of amides is 2. The number of aromatic nitrogens is 1. The van der Waals surface area contributed by atoms with Crippen molar-refractivity contribution in [3.63, 3.8) is 0 Å². The topological polar surface area (TPSA) is 75.4 Å². The minimum absolute atomic E-state index is 0.0481. The Morgan fingerprint density at radius 3 is 2.62 bits per heavy atom. The third kappa shape index (κ3) is 4.56. The average Bonchev–Trinajstić information content (AvgIpc) is 3.39. The highest BCUT2D eigenvalue weighted by Gasteiger charge is 2.25. The van der Waals surface area contributed by atoms with Gasteiger partial charge < -0.3 is 14.6 Å². The lowest BCUT2D eigenvalue weighted by molar-refractivity contribution is -0.131. The van der Waals surface area contributed by atoms with Crippen LogP contribution in [0.3, 0.4) is 0 Å². The molecule has 0 aliphatic carbocycles. The summed E-state index contributed by atoms with van der Waals surface area (Å²) in [6.07, 6.45) is 1.74. The van der Waals surface area contributed by atoms with E-state index < -0.39 is 0 Å². The van der Waals surface area contributed by atoms with Crippen LogP contribution in [0, 0.1) is 6.92 Å². The molecule has 2 amide bonds. The highest BCUT2D eigenvalue weighted by molar-refractivity contribution is 7.13. The molecule has 0 bridgehead atoms. The van der Waals surface area contributed by atoms with Gasteiger partial charge in [-0.3, -0.25) is 9.59 Å². The van der Waals surface area contributed by atoms with E-state index in [-0.39, 0.29) is 24.3 Å². The minimum Gasteiger partial charge on any atom is -0.440 e. The first-order valence-electron chi connectivity index (χ1n) is 9.74. The number of carbonyl (C=O) groups excluding carboxylic acids is 2. The molecule has 0 atom stereocenters. The first-order chi connectivity index (χ1) is 14.1. The van der Waals surface area contributed by atoms with Gasteiger partial charge in [0.2, 0.25) is 11.8 Å². The number of benzene rings is 1. The normalized spacial score (nSPS) is 14.7. The quantitative estimate of drug-likeness (QED) is 0.698. The van der Waals surface area contributed by atoms with Crippen molar-refractivity contribution in [2.24, 2.45) is 0 Å². The molecule has 6 nitrogen and oxygen atoms in total. The second-order valence-electron chi connectivity index (χ2n) is 7.17. The number of hydrogen-bond acceptors (Lipinski definition) is 5. The van der Waals surface area contributed by atoms with E-state index in [4.69, 9.17) is 4.42 Å². The largest absolute Gasteiger partial charge is 0.440 e. The predicted octanol–water partition coefficient (Wildman–Crippen LogP) is 3.68. The molecule has 150 valence electrons. The van der Waals surface area contributed by atoms with E-state index in [9.17, 15) is 9.59 Å². The number of piperidine rings is 1. The Kier molecular flexibility index (Phi) is 5.76. The van der Waals surface area contributed by atoms with Gasteiger partial charge in [0.15, 0.2) is 0 Å². The van der Waals surface area contributed by atoms with Crippen LogP contribution in [0.1, 0.15) is 34.7 Å². The maximum absolute atomic E-state index is 12.7. The summed E-state index contributed by atoms with van der Waals surface area (Å²) in [5, 5.41) is 5.04. The fourth-order valence-electron chi connectivity index (χ4n) is 3.48. The summed E-state index contributed by atoms with van der Waals surface area (Å²) < 4.78 is 5.73. The number of carbonyl (C=O) groups is 2. The van der Waals surface area contributed by atoms with E-state index in [1.54, 1.807) is 23.5 Å². The summed E-state index contributed by atoms with van der Waals surface area (Å²) in [6, 6.07) is 13.2. The van der Waals surface area contributed by atoms with E-state index in [0.29, 0.717) is 36.0 Å². The molecule has 1 saturated heterocycles. The molecule has 3 heterocycles. The van der Waals surface area contributed by atoms with Gasteiger partial charge in [0, 0.05) is 24.7 Å². The van der Waals surface area contributed by atoms with Crippen molar-refractivity contribution in [1.29, 1.82) is 0 Å². The van der Waals surface area contributed by atoms with E-state index in [2.05, 4.69) is 10.3 Å². The molecule has 1 aliphatic rings. The number of nitrogens with one attached hydrogen (secondary N) is 1. The van der Waals surface area contributed by atoms with E-state index in [1.165, 1.54) is 0 Å². The fourth-order valence-corrected chi connectivity index (χ4v) is 4.13. The van der Waals surface area contributed by atoms with Crippen molar-refractivity contribution in [2.45, 2.75) is 32.2 Å². The zero-order chi connectivity index (χ0) is 20.2. The van der Waals surface area contributed by atoms with Gasteiger partial charge in [-0.1, -0.05) is 24.3 Å². The molecule has 2 aromatic heterocycles. The molecule has 1 aliphatic heterocycles. The SMILES string of the molecule is Cc1oc(-c2cccs2)nc1CC(=O)N1CCC(NC(=O)c2ccccc2)CC1. The van der Waals surface area contributed by atoms with Crippen LogP contribution in [-0.2, 0) is 11.2 Å². The molecule has 29 heavy (non-hydrogen) atoms. The molecule has 1 fully saturated rings. The smallest absolute Gasteiger partial charge is 0.251 e. The van der Waals surface area contributed by atoms with Gasteiger partial charge >= 0.3 is 0 Å². The lowest BCUT2D eigenvalue weighted by Gasteiger charge is -2.32. The van der Waals surface area contributed by atoms with Crippen molar-refractivity contribution < 1.29 is 14.0 Å². The van der Waals surface area contributed by atoms with Gasteiger partial charge in [-0.05, 0) is 43.3 Å². The summed E-state index contributed by atoms with van der Waals surface area (Å²) in [6.45, 7) is 3.11. The van der Waals surface area contributed by atoms with Crippen LogP contribution in [0.5, 0.6) is 0 Å². The van der Waals surface area contributed by atoms with Crippen molar-refractivity contribution in [3.8, 4) is 10.8 Å². The van der Waals surface area contributed by atoms with Crippen molar-refractivity contribution in [3.05, 3.63) is 64.9 Å². The third-order valence-electron chi connectivity index (χ3n) is 5.16. The fraction of sp³-hybridized carbons (Fsp3) is 0.318. The zero-order valence-corrected chi connectivity index (χ0v) is 17.1. The van der Waals surface area contributed by atoms with Crippen LogP contribution in [0.25, 0.3) is 10.8 Å². The second-order valence-corrected chi connectivity index (χ2v) is 8.12. The van der Waals surface area contributed by atoms with Gasteiger partial charge in [-0.2, -0.15) is 0 Å². The number of thiophene rings is 1. The van der Waals surface area contributed by atoms with Crippen molar-refractivity contribution in [1.82, 2.24) is 15.2 Å². The molecule has 1 aromatic carbocycles. The molecule has 1 N–H and O–H groups in total. The molecule has 3 aromatic rings. The van der Waals surface area contributed by atoms with Crippen molar-refractivity contribution >= 4 is 23.2 Å². The van der Waals surface area contributed by atoms with Crippen molar-refractivity contribution in [2.75, 3.05) is 13.1 Å². The maximum atomic E-state index is 12.7. The van der Waals surface area contributed by atoms with Crippen LogP contribution in [0.2, 0.25) is 0 Å². The summed E-state index contributed by atoms with van der Waals surface area (Å²) in [5.74, 6) is 1.25. The Balaban J connectivity index is 1.30. The van der Waals surface area contributed by atoms with Crippen LogP contribution < -0.4 is 5.32 Å². The van der Waals surface area contributed by atoms with E-state index in [0.717, 1.165) is 17.7 Å². The third-order valence-corrected chi connectivity index (χ3v) is 6.02. The van der Waals surface area contributed by atoms with Crippen LogP contribution >= 0.6 is 11.3 Å². The monoisotopic (exact) mass is 409 g/mol. The highest BCUT2D eigenvalue weighted by Crippen LogP contribution is 2.26. The number of aryl methyl sites for hydroxylation is 1. The van der Waals surface area contributed by atoms with Gasteiger partial charge in [0.05, 0.1) is 17.0 Å². The Labute approximate surface area is 173 Å². The number of rotatable bonds is 5. The predicted molar refractivity (Wildman–Crippen MR) is 112 cm³/mol. The zero-order valence-electron chi connectivity index (χ0n) is 16.3. The molecule has 0 saturated carbocycles. The first-order valence-corrected chi connectivity index (χ1v) is 10.6. The summed E-state index contributed by atoms with van der Waals surface area (Å²) in [7, 11) is 0. The molecular weight excluding hydrogens is 386 g/mol. The summed E-state index contributed by atoms with van der Waals surface area (Å²) in [5.41, 5.74) is 1.35. The Morgan fingerprint density at radius 1 is 1.17 bits per heavy atom. The number of nitrogens with zero attached hydrogens (tertiary/aromatic N) is 2. The number of likely N-dealkylation sites (tertiary alicyclic amines) is 1. The van der Waals surface area contributed by atoms with Crippen LogP contribution in [0.15, 0.2) is 52.3 Å². The maximum Gasteiger partial charge on any atom is 0.251 e. The van der Waals surface area contributed by atoms with E-state index in [1.807, 2.05) is 47.5 Å². The summed E-state index contributed by atoms with van der Waals surface area (Å²) in [4.78, 5) is 32.3. The summed E-state index contributed by atoms with van der Waals surface area (Å²) >= 11 is 1.56. The van der Waals surface area contributed by atoms with Gasteiger partial charge in [-0.15, -0.1) is 11.3 Å². The first kappa shape index (κ1) is 19.4. The molecule has 0 spiro atoms. The van der Waals surface area contributed by atoms with Crippen LogP contribution in [-0.4, -0.2) is 40.8 Å². The highest BCUT2D eigenvalue weighted by atomic mass is 32.1. The average molecular weight is 410 g/mol. The van der Waals surface area contributed by atoms with Gasteiger partial charge in [-0.25, -0.2) is 4.98 Å². The molecular formula is C22H23N3O3S. The lowest BCUT2D eigenvalue weighted by atomic mass is 10.0. The Hall–Kier alpha value is -2.93.